The number of aromatic nitrogens is 1. The third-order valence-electron chi connectivity index (χ3n) is 6.75. The molecule has 0 saturated carbocycles. The number of hydrogen-bond donors (Lipinski definition) is 3. The van der Waals surface area contributed by atoms with Gasteiger partial charge in [0.05, 0.1) is 11.3 Å². The van der Waals surface area contributed by atoms with Gasteiger partial charge in [-0.25, -0.2) is 0 Å². The van der Waals surface area contributed by atoms with Gasteiger partial charge in [-0.1, -0.05) is 19.4 Å². The molecule has 186 valence electrons. The smallest absolute Gasteiger partial charge is 0.310 e. The van der Waals surface area contributed by atoms with Crippen molar-refractivity contribution in [2.75, 3.05) is 31.9 Å². The van der Waals surface area contributed by atoms with Crippen molar-refractivity contribution in [2.24, 2.45) is 0 Å². The number of amides is 1. The SMILES string of the molecule is CCNCCS(=O)(=O)Oc1ccc(-c2cc3cc(CN4CCCCC4)ccc3[nH]2)c2c1CNC2=O. The molecule has 0 unspecified atom stereocenters. The first-order chi connectivity index (χ1) is 16.9. The largest absolute Gasteiger partial charge is 0.382 e. The molecule has 0 atom stereocenters. The molecule has 1 aromatic heterocycles. The Bertz CT molecular complexity index is 1340. The van der Waals surface area contributed by atoms with Crippen LogP contribution in [0.2, 0.25) is 0 Å². The Morgan fingerprint density at radius 2 is 1.91 bits per heavy atom. The Labute approximate surface area is 206 Å². The number of carbonyl (C=O) groups excluding carboxylic acids is 1. The maximum atomic E-state index is 12.7. The molecular weight excluding hydrogens is 464 g/mol. The summed E-state index contributed by atoms with van der Waals surface area (Å²) in [6.07, 6.45) is 3.85. The molecular formula is C26H32N4O4S. The van der Waals surface area contributed by atoms with E-state index in [0.717, 1.165) is 41.8 Å². The van der Waals surface area contributed by atoms with Crippen LogP contribution in [0.25, 0.3) is 22.2 Å². The van der Waals surface area contributed by atoms with E-state index in [1.807, 2.05) is 6.92 Å². The number of rotatable bonds is 9. The Balaban J connectivity index is 1.43. The van der Waals surface area contributed by atoms with Crippen LogP contribution in [0.4, 0.5) is 0 Å². The molecule has 0 radical (unpaired) electrons. The van der Waals surface area contributed by atoms with E-state index in [9.17, 15) is 13.2 Å². The number of carbonyl (C=O) groups is 1. The van der Waals surface area contributed by atoms with E-state index in [-0.39, 0.29) is 24.0 Å². The van der Waals surface area contributed by atoms with E-state index in [2.05, 4.69) is 44.8 Å². The number of likely N-dealkylation sites (tertiary alicyclic amines) is 1. The quantitative estimate of drug-likeness (QED) is 0.310. The molecule has 0 spiro atoms. The zero-order chi connectivity index (χ0) is 24.4. The van der Waals surface area contributed by atoms with E-state index < -0.39 is 10.1 Å². The molecule has 1 saturated heterocycles. The van der Waals surface area contributed by atoms with Gasteiger partial charge in [-0.3, -0.25) is 9.69 Å². The second kappa shape index (κ2) is 10.0. The van der Waals surface area contributed by atoms with Crippen LogP contribution in [0.5, 0.6) is 5.75 Å². The molecule has 2 aliphatic heterocycles. The monoisotopic (exact) mass is 496 g/mol. The van der Waals surface area contributed by atoms with Crippen molar-refractivity contribution in [3.8, 4) is 17.0 Å². The minimum atomic E-state index is -3.77. The van der Waals surface area contributed by atoms with Crippen LogP contribution in [0.1, 0.15) is 47.7 Å². The maximum absolute atomic E-state index is 12.7. The van der Waals surface area contributed by atoms with Gasteiger partial charge in [-0.05, 0) is 68.4 Å². The van der Waals surface area contributed by atoms with Crippen molar-refractivity contribution in [2.45, 2.75) is 39.3 Å². The fourth-order valence-electron chi connectivity index (χ4n) is 4.98. The first-order valence-corrected chi connectivity index (χ1v) is 13.9. The van der Waals surface area contributed by atoms with Gasteiger partial charge >= 0.3 is 10.1 Å². The second-order valence-electron chi connectivity index (χ2n) is 9.29. The van der Waals surface area contributed by atoms with Gasteiger partial charge in [0.25, 0.3) is 5.91 Å². The Morgan fingerprint density at radius 1 is 1.09 bits per heavy atom. The summed E-state index contributed by atoms with van der Waals surface area (Å²) in [5, 5.41) is 6.89. The lowest BCUT2D eigenvalue weighted by atomic mass is 9.99. The number of nitrogens with zero attached hydrogens (tertiary/aromatic N) is 1. The van der Waals surface area contributed by atoms with Crippen molar-refractivity contribution < 1.29 is 17.4 Å². The molecule has 5 rings (SSSR count). The number of hydrogen-bond acceptors (Lipinski definition) is 6. The van der Waals surface area contributed by atoms with Crippen molar-refractivity contribution in [1.82, 2.24) is 20.5 Å². The summed E-state index contributed by atoms with van der Waals surface area (Å²) in [7, 11) is -3.77. The Hall–Kier alpha value is -2.88. The van der Waals surface area contributed by atoms with Crippen molar-refractivity contribution in [3.05, 3.63) is 53.1 Å². The molecule has 1 amide bonds. The highest BCUT2D eigenvalue weighted by atomic mass is 32.2. The van der Waals surface area contributed by atoms with Crippen molar-refractivity contribution in [1.29, 1.82) is 0 Å². The van der Waals surface area contributed by atoms with Crippen LogP contribution < -0.4 is 14.8 Å². The third-order valence-corrected chi connectivity index (χ3v) is 7.89. The number of aromatic amines is 1. The summed E-state index contributed by atoms with van der Waals surface area (Å²) >= 11 is 0. The highest BCUT2D eigenvalue weighted by molar-refractivity contribution is 7.87. The van der Waals surface area contributed by atoms with Gasteiger partial charge in [0.2, 0.25) is 0 Å². The fourth-order valence-corrected chi connectivity index (χ4v) is 5.88. The molecule has 0 aliphatic carbocycles. The van der Waals surface area contributed by atoms with Crippen molar-refractivity contribution in [3.63, 3.8) is 0 Å². The number of H-pyrrole nitrogens is 1. The first-order valence-electron chi connectivity index (χ1n) is 12.3. The summed E-state index contributed by atoms with van der Waals surface area (Å²) in [6, 6.07) is 11.9. The standard InChI is InChI=1S/C26H32N4O4S/c1-2-27-10-13-35(32,33)34-24-9-7-20(25-21(24)16-28-26(25)31)23-15-19-14-18(6-8-22(19)29-23)17-30-11-4-3-5-12-30/h6-9,14-15,27,29H,2-5,10-13,16-17H2,1H3,(H,28,31). The van der Waals surface area contributed by atoms with Gasteiger partial charge in [-0.15, -0.1) is 0 Å². The number of nitrogens with one attached hydrogen (secondary N) is 3. The van der Waals surface area contributed by atoms with Gasteiger partial charge < -0.3 is 19.8 Å². The fraction of sp³-hybridized carbons (Fsp3) is 0.423. The number of piperidine rings is 1. The van der Waals surface area contributed by atoms with Crippen LogP contribution in [0.15, 0.2) is 36.4 Å². The molecule has 0 bridgehead atoms. The van der Waals surface area contributed by atoms with E-state index >= 15 is 0 Å². The van der Waals surface area contributed by atoms with E-state index in [0.29, 0.717) is 24.2 Å². The molecule has 2 aliphatic rings. The van der Waals surface area contributed by atoms with Crippen LogP contribution in [-0.4, -0.2) is 56.1 Å². The van der Waals surface area contributed by atoms with Crippen LogP contribution in [-0.2, 0) is 23.2 Å². The average molecular weight is 497 g/mol. The summed E-state index contributed by atoms with van der Waals surface area (Å²) < 4.78 is 30.3. The van der Waals surface area contributed by atoms with Crippen LogP contribution in [0.3, 0.4) is 0 Å². The van der Waals surface area contributed by atoms with Crippen LogP contribution >= 0.6 is 0 Å². The lowest BCUT2D eigenvalue weighted by molar-refractivity contribution is 0.0966. The predicted molar refractivity (Wildman–Crippen MR) is 137 cm³/mol. The molecule has 3 aromatic rings. The molecule has 35 heavy (non-hydrogen) atoms. The highest BCUT2D eigenvalue weighted by Crippen LogP contribution is 2.36. The zero-order valence-electron chi connectivity index (χ0n) is 20.0. The first kappa shape index (κ1) is 23.8. The molecule has 8 nitrogen and oxygen atoms in total. The second-order valence-corrected chi connectivity index (χ2v) is 11.0. The molecule has 1 fully saturated rings. The molecule has 3 N–H and O–H groups in total. The lowest BCUT2D eigenvalue weighted by Crippen LogP contribution is -2.28. The van der Waals surface area contributed by atoms with Crippen molar-refractivity contribution >= 4 is 26.9 Å². The normalized spacial score (nSPS) is 16.4. The number of benzene rings is 2. The Kier molecular flexibility index (Phi) is 6.82. The summed E-state index contributed by atoms with van der Waals surface area (Å²) in [6.45, 7) is 6.39. The molecule has 2 aromatic carbocycles. The lowest BCUT2D eigenvalue weighted by Gasteiger charge is -2.26. The summed E-state index contributed by atoms with van der Waals surface area (Å²) in [5.41, 5.74) is 4.87. The molecule has 9 heteroatoms. The highest BCUT2D eigenvalue weighted by Gasteiger charge is 2.29. The summed E-state index contributed by atoms with van der Waals surface area (Å²) in [4.78, 5) is 18.7. The zero-order valence-corrected chi connectivity index (χ0v) is 20.8. The van der Waals surface area contributed by atoms with E-state index in [1.54, 1.807) is 12.1 Å². The topological polar surface area (TPSA) is 104 Å². The van der Waals surface area contributed by atoms with Gasteiger partial charge in [-0.2, -0.15) is 8.42 Å². The predicted octanol–water partition coefficient (Wildman–Crippen LogP) is 3.38. The Morgan fingerprint density at radius 3 is 2.71 bits per heavy atom. The van der Waals surface area contributed by atoms with Gasteiger partial charge in [0.1, 0.15) is 5.75 Å². The average Bonchev–Trinajstić information content (AvgIpc) is 3.44. The minimum absolute atomic E-state index is 0.138. The van der Waals surface area contributed by atoms with E-state index in [1.165, 1.54) is 24.8 Å². The summed E-state index contributed by atoms with van der Waals surface area (Å²) in [5.74, 6) is -0.158. The third kappa shape index (κ3) is 5.22. The molecule has 3 heterocycles. The maximum Gasteiger partial charge on any atom is 0.310 e. The van der Waals surface area contributed by atoms with Gasteiger partial charge in [0, 0.05) is 47.4 Å². The minimum Gasteiger partial charge on any atom is -0.382 e. The van der Waals surface area contributed by atoms with Gasteiger partial charge in [0.15, 0.2) is 0 Å². The van der Waals surface area contributed by atoms with Crippen LogP contribution in [0, 0.1) is 0 Å². The number of fused-ring (bicyclic) bond motifs is 2. The van der Waals surface area contributed by atoms with E-state index in [4.69, 9.17) is 4.18 Å².